The summed E-state index contributed by atoms with van der Waals surface area (Å²) in [6, 6.07) is 5.07. The zero-order valence-electron chi connectivity index (χ0n) is 11.4. The second-order valence-corrected chi connectivity index (χ2v) is 4.88. The average Bonchev–Trinajstić information content (AvgIpc) is 2.88. The van der Waals surface area contributed by atoms with E-state index in [9.17, 15) is 9.59 Å². The number of carbonyl (C=O) groups excluding carboxylic acids is 2. The molecule has 2 heterocycles. The van der Waals surface area contributed by atoms with Crippen molar-refractivity contribution in [2.75, 3.05) is 19.7 Å². The van der Waals surface area contributed by atoms with Crippen LogP contribution >= 0.6 is 0 Å². The maximum Gasteiger partial charge on any atom is 0.324 e. The van der Waals surface area contributed by atoms with Crippen molar-refractivity contribution < 1.29 is 14.3 Å². The van der Waals surface area contributed by atoms with E-state index in [4.69, 9.17) is 10.5 Å². The molecule has 1 aromatic carbocycles. The average molecular weight is 285 g/mol. The summed E-state index contributed by atoms with van der Waals surface area (Å²) in [5, 5.41) is 2.33. The van der Waals surface area contributed by atoms with Crippen LogP contribution in [0.4, 0.5) is 4.79 Å². The second kappa shape index (κ2) is 5.46. The zero-order chi connectivity index (χ0) is 14.8. The van der Waals surface area contributed by atoms with Crippen molar-refractivity contribution in [3.8, 4) is 17.6 Å². The summed E-state index contributed by atoms with van der Waals surface area (Å²) in [6.45, 7) is 1.09. The topological polar surface area (TPSA) is 84.7 Å². The van der Waals surface area contributed by atoms with Crippen LogP contribution in [0.1, 0.15) is 23.6 Å². The minimum absolute atomic E-state index is 0.187. The quantitative estimate of drug-likeness (QED) is 0.730. The van der Waals surface area contributed by atoms with Crippen molar-refractivity contribution in [1.82, 2.24) is 10.2 Å². The van der Waals surface area contributed by atoms with Crippen molar-refractivity contribution in [2.45, 2.75) is 12.5 Å². The minimum atomic E-state index is -0.369. The Hall–Kier alpha value is -2.52. The first kappa shape index (κ1) is 13.5. The van der Waals surface area contributed by atoms with Gasteiger partial charge in [-0.05, 0) is 18.2 Å². The van der Waals surface area contributed by atoms with E-state index < -0.39 is 0 Å². The number of fused-ring (bicyclic) bond motifs is 1. The lowest BCUT2D eigenvalue weighted by Gasteiger charge is -2.31. The van der Waals surface area contributed by atoms with Crippen LogP contribution in [0.2, 0.25) is 0 Å². The first-order valence-electron chi connectivity index (χ1n) is 6.75. The molecule has 3 rings (SSSR count). The maximum atomic E-state index is 12.0. The number of nitrogens with one attached hydrogen (secondary N) is 1. The number of carbonyl (C=O) groups is 2. The standard InChI is InChI=1S/C15H15N3O3/c16-6-1-2-10-3-4-13-11(8-10)12(9-21-13)18-7-5-14(19)17-15(18)20/h3-4,8,12H,5-7,9,16H2,(H,17,19,20). The Morgan fingerprint density at radius 3 is 3.05 bits per heavy atom. The molecule has 0 aromatic heterocycles. The Morgan fingerprint density at radius 1 is 1.43 bits per heavy atom. The molecule has 21 heavy (non-hydrogen) atoms. The highest BCUT2D eigenvalue weighted by Gasteiger charge is 2.35. The van der Waals surface area contributed by atoms with E-state index in [2.05, 4.69) is 17.2 Å². The molecule has 0 aliphatic carbocycles. The fraction of sp³-hybridized carbons (Fsp3) is 0.333. The second-order valence-electron chi connectivity index (χ2n) is 4.88. The minimum Gasteiger partial charge on any atom is -0.491 e. The number of benzene rings is 1. The predicted octanol–water partition coefficient (Wildman–Crippen LogP) is 0.372. The molecule has 6 nitrogen and oxygen atoms in total. The molecule has 0 radical (unpaired) electrons. The van der Waals surface area contributed by atoms with Gasteiger partial charge in [-0.1, -0.05) is 11.8 Å². The van der Waals surface area contributed by atoms with Crippen LogP contribution in [0.15, 0.2) is 18.2 Å². The van der Waals surface area contributed by atoms with Crippen LogP contribution < -0.4 is 15.8 Å². The van der Waals surface area contributed by atoms with Gasteiger partial charge in [-0.3, -0.25) is 10.1 Å². The van der Waals surface area contributed by atoms with E-state index in [0.29, 0.717) is 26.1 Å². The van der Waals surface area contributed by atoms with Crippen LogP contribution in [-0.4, -0.2) is 36.5 Å². The molecule has 1 aromatic rings. The Bertz CT molecular complexity index is 660. The molecule has 108 valence electrons. The van der Waals surface area contributed by atoms with Crippen molar-refractivity contribution in [1.29, 1.82) is 0 Å². The summed E-state index contributed by atoms with van der Waals surface area (Å²) >= 11 is 0. The molecule has 1 fully saturated rings. The van der Waals surface area contributed by atoms with Gasteiger partial charge in [0.1, 0.15) is 12.4 Å². The summed E-state index contributed by atoms with van der Waals surface area (Å²) in [4.78, 5) is 24.8. The van der Waals surface area contributed by atoms with E-state index in [1.165, 1.54) is 0 Å². The van der Waals surface area contributed by atoms with Gasteiger partial charge in [0.15, 0.2) is 0 Å². The van der Waals surface area contributed by atoms with E-state index in [1.54, 1.807) is 4.90 Å². The Kier molecular flexibility index (Phi) is 3.50. The summed E-state index contributed by atoms with van der Waals surface area (Å²) in [6.07, 6.45) is 0.310. The van der Waals surface area contributed by atoms with Gasteiger partial charge in [-0.15, -0.1) is 0 Å². The van der Waals surface area contributed by atoms with Crippen LogP contribution in [0.3, 0.4) is 0 Å². The van der Waals surface area contributed by atoms with E-state index in [1.807, 2.05) is 18.2 Å². The normalized spacial score (nSPS) is 20.2. The van der Waals surface area contributed by atoms with Crippen molar-refractivity contribution in [2.24, 2.45) is 5.73 Å². The van der Waals surface area contributed by atoms with Gasteiger partial charge in [0.05, 0.1) is 12.6 Å². The van der Waals surface area contributed by atoms with Gasteiger partial charge in [0.25, 0.3) is 0 Å². The molecule has 1 unspecified atom stereocenters. The highest BCUT2D eigenvalue weighted by atomic mass is 16.5. The molecule has 6 heteroatoms. The first-order chi connectivity index (χ1) is 10.2. The Labute approximate surface area is 122 Å². The Morgan fingerprint density at radius 2 is 2.29 bits per heavy atom. The third-order valence-electron chi connectivity index (χ3n) is 3.56. The SMILES string of the molecule is NCC#Cc1ccc2c(c1)C(N1CCC(=O)NC1=O)CO2. The number of hydrogen-bond donors (Lipinski definition) is 2. The summed E-state index contributed by atoms with van der Waals surface area (Å²) in [7, 11) is 0. The smallest absolute Gasteiger partial charge is 0.324 e. The molecule has 3 N–H and O–H groups in total. The molecule has 1 saturated heterocycles. The largest absolute Gasteiger partial charge is 0.491 e. The van der Waals surface area contributed by atoms with Crippen molar-refractivity contribution in [3.05, 3.63) is 29.3 Å². The number of rotatable bonds is 1. The zero-order valence-corrected chi connectivity index (χ0v) is 11.4. The summed E-state index contributed by atoms with van der Waals surface area (Å²) in [5.74, 6) is 6.29. The third-order valence-corrected chi connectivity index (χ3v) is 3.56. The Balaban J connectivity index is 1.88. The van der Waals surface area contributed by atoms with Crippen LogP contribution in [0, 0.1) is 11.8 Å². The predicted molar refractivity (Wildman–Crippen MR) is 75.5 cm³/mol. The first-order valence-corrected chi connectivity index (χ1v) is 6.75. The van der Waals surface area contributed by atoms with Gasteiger partial charge in [-0.2, -0.15) is 0 Å². The van der Waals surface area contributed by atoms with Crippen LogP contribution in [0.5, 0.6) is 5.75 Å². The fourth-order valence-electron chi connectivity index (χ4n) is 2.56. The number of hydrogen-bond acceptors (Lipinski definition) is 4. The lowest BCUT2D eigenvalue weighted by atomic mass is 10.0. The van der Waals surface area contributed by atoms with Gasteiger partial charge in [0.2, 0.25) is 5.91 Å². The van der Waals surface area contributed by atoms with E-state index >= 15 is 0 Å². The number of nitrogens with two attached hydrogens (primary N) is 1. The van der Waals surface area contributed by atoms with Gasteiger partial charge >= 0.3 is 6.03 Å². The molecule has 0 saturated carbocycles. The lowest BCUT2D eigenvalue weighted by Crippen LogP contribution is -2.51. The molecule has 3 amide bonds. The third kappa shape index (κ3) is 2.56. The number of imide groups is 1. The van der Waals surface area contributed by atoms with Gasteiger partial charge < -0.3 is 15.4 Å². The highest BCUT2D eigenvalue weighted by molar-refractivity contribution is 5.96. The molecule has 2 aliphatic heterocycles. The molecule has 0 spiro atoms. The number of amides is 3. The summed E-state index contributed by atoms with van der Waals surface area (Å²) in [5.41, 5.74) is 7.13. The molecular formula is C15H15N3O3. The number of nitrogens with zero attached hydrogens (tertiary/aromatic N) is 1. The number of ether oxygens (including phenoxy) is 1. The van der Waals surface area contributed by atoms with E-state index in [-0.39, 0.29) is 18.0 Å². The molecule has 1 atom stereocenters. The highest BCUT2D eigenvalue weighted by Crippen LogP contribution is 2.37. The lowest BCUT2D eigenvalue weighted by molar-refractivity contribution is -0.121. The monoisotopic (exact) mass is 285 g/mol. The number of urea groups is 1. The van der Waals surface area contributed by atoms with Gasteiger partial charge in [0, 0.05) is 24.1 Å². The fourth-order valence-corrected chi connectivity index (χ4v) is 2.56. The van der Waals surface area contributed by atoms with Crippen molar-refractivity contribution in [3.63, 3.8) is 0 Å². The van der Waals surface area contributed by atoms with E-state index in [0.717, 1.165) is 16.9 Å². The van der Waals surface area contributed by atoms with Crippen LogP contribution in [-0.2, 0) is 4.79 Å². The summed E-state index contributed by atoms with van der Waals surface area (Å²) < 4.78 is 5.62. The molecular weight excluding hydrogens is 270 g/mol. The molecule has 0 bridgehead atoms. The molecule has 2 aliphatic rings. The maximum absolute atomic E-state index is 12.0. The van der Waals surface area contributed by atoms with Crippen LogP contribution in [0.25, 0.3) is 0 Å². The van der Waals surface area contributed by atoms with Gasteiger partial charge in [-0.25, -0.2) is 4.79 Å². The van der Waals surface area contributed by atoms with Crippen molar-refractivity contribution >= 4 is 11.9 Å².